The van der Waals surface area contributed by atoms with Crippen LogP contribution in [0, 0.1) is 0 Å². The molecule has 0 aromatic carbocycles. The topological polar surface area (TPSA) is 27.7 Å². The maximum absolute atomic E-state index is 5.57. The summed E-state index contributed by atoms with van der Waals surface area (Å²) in [6.07, 6.45) is 1.80. The Bertz CT molecular complexity index is 134. The van der Waals surface area contributed by atoms with Crippen LogP contribution in [0.1, 0.15) is 33.6 Å². The molecule has 0 saturated carbocycles. The number of rotatable bonds is 3. The Morgan fingerprint density at radius 2 is 1.85 bits per heavy atom. The molecule has 78 valence electrons. The first-order chi connectivity index (χ1) is 6.08. The van der Waals surface area contributed by atoms with Crippen LogP contribution in [0.3, 0.4) is 0 Å². The fourth-order valence-corrected chi connectivity index (χ4v) is 1.16. The fourth-order valence-electron chi connectivity index (χ4n) is 1.16. The lowest BCUT2D eigenvalue weighted by atomic mass is 10.2. The normalized spacial score (nSPS) is 20.5. The van der Waals surface area contributed by atoms with E-state index in [1.165, 1.54) is 0 Å². The highest BCUT2D eigenvalue weighted by Gasteiger charge is 2.16. The zero-order chi connectivity index (χ0) is 9.73. The average molecular weight is 188 g/mol. The summed E-state index contributed by atoms with van der Waals surface area (Å²) in [5, 5.41) is 0. The molecule has 0 spiro atoms. The van der Waals surface area contributed by atoms with Crippen LogP contribution in [0.5, 0.6) is 0 Å². The zero-order valence-corrected chi connectivity index (χ0v) is 8.84. The van der Waals surface area contributed by atoms with Gasteiger partial charge in [0.1, 0.15) is 0 Å². The molecule has 1 aliphatic rings. The molecule has 1 rings (SSSR count). The van der Waals surface area contributed by atoms with Gasteiger partial charge in [-0.2, -0.15) is 0 Å². The molecule has 0 atom stereocenters. The van der Waals surface area contributed by atoms with Gasteiger partial charge in [0, 0.05) is 6.42 Å². The molecule has 0 bridgehead atoms. The molecule has 1 saturated heterocycles. The van der Waals surface area contributed by atoms with Gasteiger partial charge in [0.05, 0.1) is 25.4 Å². The molecule has 1 fully saturated rings. The van der Waals surface area contributed by atoms with Gasteiger partial charge >= 0.3 is 0 Å². The molecular formula is C10H20O3. The van der Waals surface area contributed by atoms with E-state index >= 15 is 0 Å². The molecule has 0 aromatic rings. The number of hydrogen-bond donors (Lipinski definition) is 0. The second-order valence-corrected chi connectivity index (χ2v) is 4.27. The molecule has 0 amide bonds. The molecule has 3 nitrogen and oxygen atoms in total. The Balaban J connectivity index is 2.04. The van der Waals surface area contributed by atoms with Gasteiger partial charge in [-0.1, -0.05) is 0 Å². The molecule has 1 heterocycles. The molecule has 1 aliphatic heterocycles. The standard InChI is InChI=1S/C10H20O3/c1-10(2,3)13-8-5-9-11-6-4-7-12-9/h9H,4-8H2,1-3H3. The van der Waals surface area contributed by atoms with Crippen LogP contribution in [0.4, 0.5) is 0 Å². The Morgan fingerprint density at radius 3 is 2.38 bits per heavy atom. The van der Waals surface area contributed by atoms with Gasteiger partial charge in [-0.15, -0.1) is 0 Å². The zero-order valence-electron chi connectivity index (χ0n) is 8.84. The lowest BCUT2D eigenvalue weighted by Crippen LogP contribution is -2.28. The van der Waals surface area contributed by atoms with E-state index in [0.29, 0.717) is 6.61 Å². The minimum absolute atomic E-state index is 0.0453. The third kappa shape index (κ3) is 5.24. The summed E-state index contributed by atoms with van der Waals surface area (Å²) in [6.45, 7) is 8.50. The van der Waals surface area contributed by atoms with Crippen LogP contribution in [-0.4, -0.2) is 31.7 Å². The summed E-state index contributed by atoms with van der Waals surface area (Å²) in [5.41, 5.74) is -0.0608. The molecule has 0 aliphatic carbocycles. The second kappa shape index (κ2) is 4.94. The smallest absolute Gasteiger partial charge is 0.159 e. The van der Waals surface area contributed by atoms with Gasteiger partial charge in [-0.3, -0.25) is 0 Å². The lowest BCUT2D eigenvalue weighted by Gasteiger charge is -2.25. The number of ether oxygens (including phenoxy) is 3. The fraction of sp³-hybridized carbons (Fsp3) is 1.00. The summed E-state index contributed by atoms with van der Waals surface area (Å²) in [5.74, 6) is 0. The van der Waals surface area contributed by atoms with Crippen molar-refractivity contribution in [3.8, 4) is 0 Å². The highest BCUT2D eigenvalue weighted by Crippen LogP contribution is 2.12. The third-order valence-electron chi connectivity index (χ3n) is 1.78. The van der Waals surface area contributed by atoms with E-state index in [4.69, 9.17) is 14.2 Å². The summed E-state index contributed by atoms with van der Waals surface area (Å²) in [7, 11) is 0. The van der Waals surface area contributed by atoms with E-state index in [1.54, 1.807) is 0 Å². The number of hydrogen-bond acceptors (Lipinski definition) is 3. The Morgan fingerprint density at radius 1 is 1.23 bits per heavy atom. The van der Waals surface area contributed by atoms with Crippen molar-refractivity contribution in [1.82, 2.24) is 0 Å². The van der Waals surface area contributed by atoms with Gasteiger partial charge in [0.15, 0.2) is 6.29 Å². The molecular weight excluding hydrogens is 168 g/mol. The van der Waals surface area contributed by atoms with Crippen LogP contribution < -0.4 is 0 Å². The Hall–Kier alpha value is -0.120. The molecule has 13 heavy (non-hydrogen) atoms. The van der Waals surface area contributed by atoms with Gasteiger partial charge in [-0.25, -0.2) is 0 Å². The second-order valence-electron chi connectivity index (χ2n) is 4.27. The predicted molar refractivity (Wildman–Crippen MR) is 50.6 cm³/mol. The van der Waals surface area contributed by atoms with Crippen molar-refractivity contribution in [3.63, 3.8) is 0 Å². The van der Waals surface area contributed by atoms with Gasteiger partial charge in [-0.05, 0) is 27.2 Å². The van der Waals surface area contributed by atoms with Gasteiger partial charge < -0.3 is 14.2 Å². The molecule has 3 heteroatoms. The monoisotopic (exact) mass is 188 g/mol. The maximum Gasteiger partial charge on any atom is 0.159 e. The van der Waals surface area contributed by atoms with Crippen molar-refractivity contribution in [2.75, 3.05) is 19.8 Å². The first-order valence-corrected chi connectivity index (χ1v) is 4.95. The van der Waals surface area contributed by atoms with Crippen LogP contribution in [0.2, 0.25) is 0 Å². The van der Waals surface area contributed by atoms with Crippen molar-refractivity contribution in [3.05, 3.63) is 0 Å². The van der Waals surface area contributed by atoms with E-state index in [9.17, 15) is 0 Å². The van der Waals surface area contributed by atoms with Crippen molar-refractivity contribution < 1.29 is 14.2 Å². The Kier molecular flexibility index (Phi) is 4.16. The molecule has 0 radical (unpaired) electrons. The highest BCUT2D eigenvalue weighted by atomic mass is 16.7. The van der Waals surface area contributed by atoms with Crippen LogP contribution >= 0.6 is 0 Å². The largest absolute Gasteiger partial charge is 0.376 e. The summed E-state index contributed by atoms with van der Waals surface area (Å²) >= 11 is 0. The first kappa shape index (κ1) is 11.0. The Labute approximate surface area is 80.4 Å². The quantitative estimate of drug-likeness (QED) is 0.677. The van der Waals surface area contributed by atoms with Crippen LogP contribution in [0.25, 0.3) is 0 Å². The summed E-state index contributed by atoms with van der Waals surface area (Å²) in [4.78, 5) is 0. The molecule has 0 aromatic heterocycles. The minimum atomic E-state index is -0.0608. The molecule has 0 N–H and O–H groups in total. The van der Waals surface area contributed by atoms with E-state index < -0.39 is 0 Å². The van der Waals surface area contributed by atoms with E-state index in [2.05, 4.69) is 20.8 Å². The first-order valence-electron chi connectivity index (χ1n) is 4.95. The highest BCUT2D eigenvalue weighted by molar-refractivity contribution is 4.59. The average Bonchev–Trinajstić information content (AvgIpc) is 2.04. The summed E-state index contributed by atoms with van der Waals surface area (Å²) in [6, 6.07) is 0. The van der Waals surface area contributed by atoms with Crippen molar-refractivity contribution >= 4 is 0 Å². The lowest BCUT2D eigenvalue weighted by molar-refractivity contribution is -0.189. The third-order valence-corrected chi connectivity index (χ3v) is 1.78. The van der Waals surface area contributed by atoms with Gasteiger partial charge in [0.2, 0.25) is 0 Å². The summed E-state index contributed by atoms with van der Waals surface area (Å²) < 4.78 is 16.4. The minimum Gasteiger partial charge on any atom is -0.376 e. The SMILES string of the molecule is CC(C)(C)OCCC1OCCCO1. The van der Waals surface area contributed by atoms with E-state index in [1.807, 2.05) is 0 Å². The van der Waals surface area contributed by atoms with E-state index in [-0.39, 0.29) is 11.9 Å². The van der Waals surface area contributed by atoms with Crippen molar-refractivity contribution in [1.29, 1.82) is 0 Å². The van der Waals surface area contributed by atoms with Crippen LogP contribution in [0.15, 0.2) is 0 Å². The van der Waals surface area contributed by atoms with Crippen molar-refractivity contribution in [2.24, 2.45) is 0 Å². The van der Waals surface area contributed by atoms with E-state index in [0.717, 1.165) is 26.1 Å². The molecule has 0 unspecified atom stereocenters. The van der Waals surface area contributed by atoms with Crippen molar-refractivity contribution in [2.45, 2.75) is 45.5 Å². The van der Waals surface area contributed by atoms with Gasteiger partial charge in [0.25, 0.3) is 0 Å². The van der Waals surface area contributed by atoms with Crippen LogP contribution in [-0.2, 0) is 14.2 Å². The maximum atomic E-state index is 5.57. The predicted octanol–water partition coefficient (Wildman–Crippen LogP) is 1.95.